The summed E-state index contributed by atoms with van der Waals surface area (Å²) >= 11 is 0. The number of hydrogen-bond donors (Lipinski definition) is 2. The van der Waals surface area contributed by atoms with Crippen LogP contribution >= 0.6 is 0 Å². The maximum absolute atomic E-state index is 10.9. The molecule has 2 fully saturated rings. The smallest absolute Gasteiger partial charge is 0.307 e. The van der Waals surface area contributed by atoms with E-state index < -0.39 is 5.97 Å². The molecule has 0 amide bonds. The largest absolute Gasteiger partial charge is 0.496 e. The maximum Gasteiger partial charge on any atom is 0.307 e. The van der Waals surface area contributed by atoms with Gasteiger partial charge in [0.15, 0.2) is 0 Å². The number of nitrogens with one attached hydrogen (secondary N) is 1. The number of likely N-dealkylation sites (tertiary alicyclic amines) is 1. The summed E-state index contributed by atoms with van der Waals surface area (Å²) in [6.07, 6.45) is 4.60. The third-order valence-electron chi connectivity index (χ3n) is 7.20. The minimum atomic E-state index is -0.777. The number of aromatic nitrogens is 1. The zero-order valence-electron chi connectivity index (χ0n) is 17.6. The van der Waals surface area contributed by atoms with Gasteiger partial charge in [0.1, 0.15) is 5.75 Å². The van der Waals surface area contributed by atoms with Crippen LogP contribution in [0.1, 0.15) is 41.0 Å². The van der Waals surface area contributed by atoms with E-state index in [2.05, 4.69) is 41.1 Å². The fourth-order valence-electron chi connectivity index (χ4n) is 5.60. The Balaban J connectivity index is 1.30. The van der Waals surface area contributed by atoms with E-state index >= 15 is 0 Å². The summed E-state index contributed by atoms with van der Waals surface area (Å²) < 4.78 is 5.71. The van der Waals surface area contributed by atoms with Crippen LogP contribution in [0.3, 0.4) is 0 Å². The molecule has 0 bridgehead atoms. The zero-order valence-corrected chi connectivity index (χ0v) is 17.6. The van der Waals surface area contributed by atoms with Crippen molar-refractivity contribution in [1.29, 1.82) is 0 Å². The Morgan fingerprint density at radius 2 is 2.03 bits per heavy atom. The van der Waals surface area contributed by atoms with E-state index in [-0.39, 0.29) is 6.42 Å². The Morgan fingerprint density at radius 3 is 2.67 bits per heavy atom. The van der Waals surface area contributed by atoms with Crippen molar-refractivity contribution < 1.29 is 14.6 Å². The molecule has 1 aliphatic carbocycles. The molecule has 1 unspecified atom stereocenters. The molecule has 2 aromatic carbocycles. The van der Waals surface area contributed by atoms with E-state index in [0.29, 0.717) is 11.3 Å². The Kier molecular flexibility index (Phi) is 4.58. The lowest BCUT2D eigenvalue weighted by atomic mass is 9.53. The average Bonchev–Trinajstić information content (AvgIpc) is 3.16. The summed E-state index contributed by atoms with van der Waals surface area (Å²) in [5.74, 6) is 0.778. The standard InChI is InChI=1S/C25H28N2O3/c1-16-11-22(30-2)20(19-8-10-26-24(16)19)13-27-14-25(15-27)9-7-21(25)18-5-3-17(4-6-18)12-23(28)29/h3-6,8,10-11,21,26H,7,9,12-15H2,1-2H3,(H,28,29). The van der Waals surface area contributed by atoms with Crippen molar-refractivity contribution in [1.82, 2.24) is 9.88 Å². The Morgan fingerprint density at radius 1 is 1.27 bits per heavy atom. The lowest BCUT2D eigenvalue weighted by molar-refractivity contribution is -0.136. The van der Waals surface area contributed by atoms with E-state index in [1.165, 1.54) is 40.4 Å². The Bertz CT molecular complexity index is 1090. The minimum Gasteiger partial charge on any atom is -0.496 e. The SMILES string of the molecule is COc1cc(C)c2[nH]ccc2c1CN1CC2(CCC2c2ccc(CC(=O)O)cc2)C1. The van der Waals surface area contributed by atoms with Gasteiger partial charge in [-0.1, -0.05) is 24.3 Å². The highest BCUT2D eigenvalue weighted by Gasteiger charge is 2.54. The third kappa shape index (κ3) is 3.08. The summed E-state index contributed by atoms with van der Waals surface area (Å²) in [5.41, 5.74) is 6.28. The first-order chi connectivity index (χ1) is 14.5. The number of hydrogen-bond acceptors (Lipinski definition) is 3. The van der Waals surface area contributed by atoms with Crippen LogP contribution in [0, 0.1) is 12.3 Å². The molecule has 5 rings (SSSR count). The number of rotatable bonds is 6. The van der Waals surface area contributed by atoms with Crippen LogP contribution in [0.2, 0.25) is 0 Å². The second kappa shape index (κ2) is 7.17. The van der Waals surface area contributed by atoms with Gasteiger partial charge >= 0.3 is 5.97 Å². The average molecular weight is 405 g/mol. The number of carboxylic acid groups (broad SMARTS) is 1. The van der Waals surface area contributed by atoms with Crippen LogP contribution in [0.15, 0.2) is 42.6 Å². The van der Waals surface area contributed by atoms with E-state index in [4.69, 9.17) is 9.84 Å². The zero-order chi connectivity index (χ0) is 20.9. The normalized spacial score (nSPS) is 20.1. The first-order valence-corrected chi connectivity index (χ1v) is 10.7. The van der Waals surface area contributed by atoms with Gasteiger partial charge < -0.3 is 14.8 Å². The molecular formula is C25H28N2O3. The monoisotopic (exact) mass is 404 g/mol. The fourth-order valence-corrected chi connectivity index (χ4v) is 5.60. The summed E-state index contributed by atoms with van der Waals surface area (Å²) in [5, 5.41) is 10.2. The molecule has 1 aliphatic heterocycles. The molecule has 2 N–H and O–H groups in total. The van der Waals surface area contributed by atoms with Crippen LogP contribution < -0.4 is 4.74 Å². The number of nitrogens with zero attached hydrogens (tertiary/aromatic N) is 1. The number of methoxy groups -OCH3 is 1. The van der Waals surface area contributed by atoms with Crippen LogP contribution in [0.4, 0.5) is 0 Å². The second-order valence-corrected chi connectivity index (χ2v) is 9.05. The molecular weight excluding hydrogens is 376 g/mol. The lowest BCUT2D eigenvalue weighted by Gasteiger charge is -2.61. The van der Waals surface area contributed by atoms with Crippen molar-refractivity contribution in [2.45, 2.75) is 38.6 Å². The molecule has 1 saturated carbocycles. The van der Waals surface area contributed by atoms with Crippen LogP contribution in [-0.2, 0) is 17.8 Å². The van der Waals surface area contributed by atoms with Gasteiger partial charge in [-0.05, 0) is 54.5 Å². The summed E-state index contributed by atoms with van der Waals surface area (Å²) in [7, 11) is 1.75. The number of H-pyrrole nitrogens is 1. The first-order valence-electron chi connectivity index (χ1n) is 10.7. The molecule has 2 aliphatic rings. The molecule has 1 spiro atoms. The van der Waals surface area contributed by atoms with Crippen LogP contribution in [0.25, 0.3) is 10.9 Å². The van der Waals surface area contributed by atoms with Gasteiger partial charge in [-0.25, -0.2) is 0 Å². The molecule has 2 heterocycles. The number of aliphatic carboxylic acids is 1. The van der Waals surface area contributed by atoms with Gasteiger partial charge in [0, 0.05) is 47.7 Å². The number of ether oxygens (including phenoxy) is 1. The van der Waals surface area contributed by atoms with Crippen molar-refractivity contribution in [2.24, 2.45) is 5.41 Å². The first kappa shape index (κ1) is 19.2. The maximum atomic E-state index is 10.9. The van der Waals surface area contributed by atoms with Gasteiger partial charge in [0.2, 0.25) is 0 Å². The highest BCUT2D eigenvalue weighted by molar-refractivity contribution is 5.88. The Hall–Kier alpha value is -2.79. The summed E-state index contributed by atoms with van der Waals surface area (Å²) in [6.45, 7) is 5.24. The molecule has 1 atom stereocenters. The quantitative estimate of drug-likeness (QED) is 0.635. The third-order valence-corrected chi connectivity index (χ3v) is 7.20. The molecule has 5 heteroatoms. The topological polar surface area (TPSA) is 65.6 Å². The van der Waals surface area contributed by atoms with Gasteiger partial charge in [-0.15, -0.1) is 0 Å². The number of carbonyl (C=O) groups is 1. The summed E-state index contributed by atoms with van der Waals surface area (Å²) in [6, 6.07) is 12.5. The molecule has 156 valence electrons. The van der Waals surface area contributed by atoms with Crippen LogP contribution in [0.5, 0.6) is 5.75 Å². The lowest BCUT2D eigenvalue weighted by Crippen LogP contribution is -2.62. The number of benzene rings is 2. The van der Waals surface area contributed by atoms with Crippen molar-refractivity contribution in [3.63, 3.8) is 0 Å². The highest BCUT2D eigenvalue weighted by Crippen LogP contribution is 2.58. The van der Waals surface area contributed by atoms with E-state index in [9.17, 15) is 4.79 Å². The molecule has 30 heavy (non-hydrogen) atoms. The fraction of sp³-hybridized carbons (Fsp3) is 0.400. The highest BCUT2D eigenvalue weighted by atomic mass is 16.5. The number of aryl methyl sites for hydroxylation is 1. The van der Waals surface area contributed by atoms with Gasteiger partial charge in [0.25, 0.3) is 0 Å². The predicted molar refractivity (Wildman–Crippen MR) is 117 cm³/mol. The molecule has 3 aromatic rings. The second-order valence-electron chi connectivity index (χ2n) is 9.05. The number of carboxylic acids is 1. The molecule has 1 aromatic heterocycles. The van der Waals surface area contributed by atoms with Gasteiger partial charge in [-0.2, -0.15) is 0 Å². The van der Waals surface area contributed by atoms with Crippen LogP contribution in [-0.4, -0.2) is 41.2 Å². The van der Waals surface area contributed by atoms with Crippen molar-refractivity contribution in [3.05, 3.63) is 64.8 Å². The predicted octanol–water partition coefficient (Wildman–Crippen LogP) is 4.49. The van der Waals surface area contributed by atoms with Crippen molar-refractivity contribution >= 4 is 16.9 Å². The van der Waals surface area contributed by atoms with E-state index in [1.54, 1.807) is 7.11 Å². The van der Waals surface area contributed by atoms with E-state index in [0.717, 1.165) is 30.9 Å². The minimum absolute atomic E-state index is 0.0931. The molecule has 0 radical (unpaired) electrons. The van der Waals surface area contributed by atoms with E-state index in [1.807, 2.05) is 18.3 Å². The number of aromatic amines is 1. The molecule has 5 nitrogen and oxygen atoms in total. The van der Waals surface area contributed by atoms with Gasteiger partial charge in [-0.3, -0.25) is 9.69 Å². The summed E-state index contributed by atoms with van der Waals surface area (Å²) in [4.78, 5) is 16.8. The number of fused-ring (bicyclic) bond motifs is 1. The Labute approximate surface area is 176 Å². The van der Waals surface area contributed by atoms with Gasteiger partial charge in [0.05, 0.1) is 13.5 Å². The molecule has 1 saturated heterocycles. The van der Waals surface area contributed by atoms with Crippen molar-refractivity contribution in [3.8, 4) is 5.75 Å². The van der Waals surface area contributed by atoms with Crippen molar-refractivity contribution in [2.75, 3.05) is 20.2 Å².